The fraction of sp³-hybridized carbons (Fsp3) is 0.438. The first-order chi connectivity index (χ1) is 12.7. The van der Waals surface area contributed by atoms with Crippen molar-refractivity contribution in [2.45, 2.75) is 31.7 Å². The fourth-order valence-corrected chi connectivity index (χ4v) is 2.93. The summed E-state index contributed by atoms with van der Waals surface area (Å²) in [7, 11) is 0. The van der Waals surface area contributed by atoms with Gasteiger partial charge in [-0.05, 0) is 31.5 Å². The van der Waals surface area contributed by atoms with Crippen LogP contribution in [0.5, 0.6) is 0 Å². The maximum Gasteiger partial charge on any atom is 0.314 e. The highest BCUT2D eigenvalue weighted by Crippen LogP contribution is 2.23. The smallest absolute Gasteiger partial charge is 0.314 e. The first kappa shape index (κ1) is 16.7. The predicted octanol–water partition coefficient (Wildman–Crippen LogP) is 2.18. The minimum atomic E-state index is -2.79. The van der Waals surface area contributed by atoms with Crippen molar-refractivity contribution in [2.24, 2.45) is 0 Å². The molecule has 0 amide bonds. The molecule has 4 rings (SSSR count). The van der Waals surface area contributed by atoms with E-state index in [1.54, 1.807) is 16.8 Å². The van der Waals surface area contributed by atoms with Crippen LogP contribution in [0.2, 0.25) is 0 Å². The second kappa shape index (κ2) is 7.24. The second-order valence-electron chi connectivity index (χ2n) is 6.17. The Labute approximate surface area is 147 Å². The summed E-state index contributed by atoms with van der Waals surface area (Å²) in [5, 5.41) is 18.7. The third-order valence-corrected chi connectivity index (χ3v) is 4.29. The Hall–Kier alpha value is -2.75. The average Bonchev–Trinajstić information content (AvgIpc) is 3.33. The Balaban J connectivity index is 1.43. The monoisotopic (exact) mass is 361 g/mol. The highest BCUT2D eigenvalue weighted by Gasteiger charge is 2.19. The van der Waals surface area contributed by atoms with E-state index in [0.717, 1.165) is 37.3 Å². The van der Waals surface area contributed by atoms with Crippen molar-refractivity contribution in [3.8, 4) is 11.5 Å². The quantitative estimate of drug-likeness (QED) is 0.744. The molecule has 10 heteroatoms. The average molecular weight is 361 g/mol. The van der Waals surface area contributed by atoms with Gasteiger partial charge in [0.15, 0.2) is 0 Å². The van der Waals surface area contributed by atoms with Gasteiger partial charge in [0.2, 0.25) is 5.89 Å². The summed E-state index contributed by atoms with van der Waals surface area (Å²) in [4.78, 5) is 4.31. The molecular weight excluding hydrogens is 344 g/mol. The van der Waals surface area contributed by atoms with Crippen LogP contribution >= 0.6 is 0 Å². The van der Waals surface area contributed by atoms with Crippen LogP contribution in [-0.4, -0.2) is 43.3 Å². The Morgan fingerprint density at radius 2 is 2.19 bits per heavy atom. The molecule has 8 nitrogen and oxygen atoms in total. The molecule has 1 aliphatic rings. The van der Waals surface area contributed by atoms with E-state index in [0.29, 0.717) is 18.0 Å². The van der Waals surface area contributed by atoms with Crippen molar-refractivity contribution in [3.63, 3.8) is 0 Å². The minimum Gasteiger partial charge on any atom is -0.415 e. The van der Waals surface area contributed by atoms with Crippen molar-refractivity contribution < 1.29 is 13.2 Å². The van der Waals surface area contributed by atoms with Gasteiger partial charge in [-0.2, -0.15) is 8.78 Å². The molecule has 3 aromatic heterocycles. The molecule has 0 spiro atoms. The van der Waals surface area contributed by atoms with Gasteiger partial charge in [-0.1, -0.05) is 5.21 Å². The van der Waals surface area contributed by atoms with Crippen LogP contribution in [0.15, 0.2) is 28.9 Å². The van der Waals surface area contributed by atoms with Crippen LogP contribution in [0.3, 0.4) is 0 Å². The van der Waals surface area contributed by atoms with Gasteiger partial charge in [0.25, 0.3) is 5.89 Å². The number of hydrogen-bond acceptors (Lipinski definition) is 7. The first-order valence-corrected chi connectivity index (χ1v) is 8.36. The number of hydrogen-bond donors (Lipinski definition) is 1. The Bertz CT molecular complexity index is 856. The highest BCUT2D eigenvalue weighted by molar-refractivity contribution is 5.50. The zero-order valence-corrected chi connectivity index (χ0v) is 13.8. The van der Waals surface area contributed by atoms with Crippen molar-refractivity contribution in [3.05, 3.63) is 41.8 Å². The summed E-state index contributed by atoms with van der Waals surface area (Å²) < 4.78 is 31.7. The van der Waals surface area contributed by atoms with Crippen LogP contribution in [0.1, 0.15) is 42.5 Å². The number of rotatable bonds is 5. The molecular formula is C16H17F2N7O. The number of aromatic nitrogens is 6. The Morgan fingerprint density at radius 1 is 1.27 bits per heavy atom. The molecule has 1 N–H and O–H groups in total. The maximum atomic E-state index is 12.5. The van der Waals surface area contributed by atoms with E-state index in [-0.39, 0.29) is 5.89 Å². The lowest BCUT2D eigenvalue weighted by atomic mass is 9.97. The van der Waals surface area contributed by atoms with Gasteiger partial charge in [-0.3, -0.25) is 4.98 Å². The molecule has 0 aromatic carbocycles. The predicted molar refractivity (Wildman–Crippen MR) is 86.5 cm³/mol. The maximum absolute atomic E-state index is 12.5. The van der Waals surface area contributed by atoms with Gasteiger partial charge in [-0.25, -0.2) is 4.68 Å². The first-order valence-electron chi connectivity index (χ1n) is 8.36. The van der Waals surface area contributed by atoms with E-state index in [1.807, 2.05) is 6.20 Å². The lowest BCUT2D eigenvalue weighted by molar-refractivity contribution is 0.116. The van der Waals surface area contributed by atoms with Crippen LogP contribution in [0.4, 0.5) is 8.78 Å². The van der Waals surface area contributed by atoms with Crippen LogP contribution < -0.4 is 5.32 Å². The number of pyridine rings is 1. The summed E-state index contributed by atoms with van der Waals surface area (Å²) >= 11 is 0. The SMILES string of the molecule is FC(F)c1nnc(-c2ccc(Cn3cc(C4CCCNC4)nn3)nc2)o1. The number of alkyl halides is 2. The molecule has 1 unspecified atom stereocenters. The molecule has 0 radical (unpaired) electrons. The molecule has 1 atom stereocenters. The van der Waals surface area contributed by atoms with E-state index in [1.165, 1.54) is 6.20 Å². The number of halogens is 2. The van der Waals surface area contributed by atoms with Gasteiger partial charge >= 0.3 is 6.43 Å². The molecule has 0 bridgehead atoms. The summed E-state index contributed by atoms with van der Waals surface area (Å²) in [5.74, 6) is -0.280. The number of nitrogens with one attached hydrogen (secondary N) is 1. The standard InChI is InChI=1S/C16H17F2N7O/c17-14(18)16-23-22-15(26-16)11-3-4-12(20-7-11)8-25-9-13(21-24-25)10-2-1-5-19-6-10/h3-4,7,9-10,14,19H,1-2,5-6,8H2. The van der Waals surface area contributed by atoms with E-state index in [9.17, 15) is 8.78 Å². The lowest BCUT2D eigenvalue weighted by Gasteiger charge is -2.20. The minimum absolute atomic E-state index is 0.0205. The summed E-state index contributed by atoms with van der Waals surface area (Å²) in [5.41, 5.74) is 2.24. The van der Waals surface area contributed by atoms with Gasteiger partial charge in [0, 0.05) is 24.9 Å². The van der Waals surface area contributed by atoms with Crippen LogP contribution in [-0.2, 0) is 6.54 Å². The highest BCUT2D eigenvalue weighted by atomic mass is 19.3. The lowest BCUT2D eigenvalue weighted by Crippen LogP contribution is -2.28. The molecule has 1 saturated heterocycles. The van der Waals surface area contributed by atoms with Crippen LogP contribution in [0.25, 0.3) is 11.5 Å². The van der Waals surface area contributed by atoms with Gasteiger partial charge in [-0.15, -0.1) is 15.3 Å². The zero-order chi connectivity index (χ0) is 17.9. The fourth-order valence-electron chi connectivity index (χ4n) is 2.93. The van der Waals surface area contributed by atoms with Crippen molar-refractivity contribution in [1.29, 1.82) is 0 Å². The summed E-state index contributed by atoms with van der Waals surface area (Å²) in [6.45, 7) is 2.45. The van der Waals surface area contributed by atoms with Crippen molar-refractivity contribution >= 4 is 0 Å². The molecule has 1 fully saturated rings. The molecule has 0 aliphatic carbocycles. The molecule has 136 valence electrons. The Kier molecular flexibility index (Phi) is 4.65. The zero-order valence-electron chi connectivity index (χ0n) is 13.8. The topological polar surface area (TPSA) is 94.6 Å². The largest absolute Gasteiger partial charge is 0.415 e. The second-order valence-corrected chi connectivity index (χ2v) is 6.17. The van der Waals surface area contributed by atoms with Crippen molar-refractivity contribution in [1.82, 2.24) is 35.5 Å². The van der Waals surface area contributed by atoms with Gasteiger partial charge in [0.1, 0.15) is 0 Å². The summed E-state index contributed by atoms with van der Waals surface area (Å²) in [6, 6.07) is 3.47. The van der Waals surface area contributed by atoms with Crippen molar-refractivity contribution in [2.75, 3.05) is 13.1 Å². The molecule has 1 aliphatic heterocycles. The van der Waals surface area contributed by atoms with E-state index in [2.05, 4.69) is 30.8 Å². The van der Waals surface area contributed by atoms with Gasteiger partial charge in [0.05, 0.1) is 23.5 Å². The molecule has 0 saturated carbocycles. The van der Waals surface area contributed by atoms with E-state index >= 15 is 0 Å². The third kappa shape index (κ3) is 3.59. The van der Waals surface area contributed by atoms with E-state index in [4.69, 9.17) is 4.42 Å². The Morgan fingerprint density at radius 3 is 2.88 bits per heavy atom. The third-order valence-electron chi connectivity index (χ3n) is 4.29. The number of nitrogens with zero attached hydrogens (tertiary/aromatic N) is 6. The number of piperidine rings is 1. The molecule has 26 heavy (non-hydrogen) atoms. The van der Waals surface area contributed by atoms with Crippen LogP contribution in [0, 0.1) is 0 Å². The molecule has 3 aromatic rings. The van der Waals surface area contributed by atoms with Gasteiger partial charge < -0.3 is 9.73 Å². The summed E-state index contributed by atoms with van der Waals surface area (Å²) in [6.07, 6.45) is 2.93. The normalized spacial score (nSPS) is 17.7. The molecule has 4 heterocycles. The van der Waals surface area contributed by atoms with E-state index < -0.39 is 12.3 Å².